The first-order valence-electron chi connectivity index (χ1n) is 7.06. The second kappa shape index (κ2) is 5.65. The second-order valence-corrected chi connectivity index (χ2v) is 5.80. The van der Waals surface area contributed by atoms with Crippen molar-refractivity contribution in [3.05, 3.63) is 35.9 Å². The van der Waals surface area contributed by atoms with Crippen LogP contribution in [0.4, 0.5) is 0 Å². The summed E-state index contributed by atoms with van der Waals surface area (Å²) < 4.78 is 0. The topological polar surface area (TPSA) is 66.4 Å². The summed E-state index contributed by atoms with van der Waals surface area (Å²) in [5.41, 5.74) is -0.785. The van der Waals surface area contributed by atoms with E-state index in [1.807, 2.05) is 6.07 Å². The SMILES string of the molecule is CC1CCCC1C(=O)NC(C)(C(=O)O)c1ccccc1. The van der Waals surface area contributed by atoms with Crippen molar-refractivity contribution in [2.45, 2.75) is 38.6 Å². The molecule has 0 heterocycles. The maximum atomic E-state index is 12.4. The quantitative estimate of drug-likeness (QED) is 0.887. The van der Waals surface area contributed by atoms with Gasteiger partial charge in [-0.15, -0.1) is 0 Å². The fourth-order valence-electron chi connectivity index (χ4n) is 2.89. The summed E-state index contributed by atoms with van der Waals surface area (Å²) in [4.78, 5) is 24.0. The molecule has 0 spiro atoms. The van der Waals surface area contributed by atoms with Crippen LogP contribution in [0.25, 0.3) is 0 Å². The van der Waals surface area contributed by atoms with Gasteiger partial charge in [-0.05, 0) is 31.2 Å². The summed E-state index contributed by atoms with van der Waals surface area (Å²) in [6, 6.07) is 8.84. The van der Waals surface area contributed by atoms with Gasteiger partial charge in [0.15, 0.2) is 5.54 Å². The molecule has 0 radical (unpaired) electrons. The molecule has 0 aliphatic heterocycles. The summed E-state index contributed by atoms with van der Waals surface area (Å²) in [5, 5.41) is 12.3. The van der Waals surface area contributed by atoms with E-state index in [9.17, 15) is 14.7 Å². The fraction of sp³-hybridized carbons (Fsp3) is 0.500. The van der Waals surface area contributed by atoms with Crippen LogP contribution in [0.3, 0.4) is 0 Å². The number of carbonyl (C=O) groups excluding carboxylic acids is 1. The molecule has 0 saturated heterocycles. The number of amides is 1. The highest BCUT2D eigenvalue weighted by Crippen LogP contribution is 2.32. The van der Waals surface area contributed by atoms with E-state index in [2.05, 4.69) is 12.2 Å². The molecule has 1 aromatic carbocycles. The van der Waals surface area contributed by atoms with Crippen molar-refractivity contribution in [2.24, 2.45) is 11.8 Å². The van der Waals surface area contributed by atoms with E-state index < -0.39 is 11.5 Å². The maximum Gasteiger partial charge on any atom is 0.333 e. The molecule has 1 aromatic rings. The Morgan fingerprint density at radius 1 is 1.25 bits per heavy atom. The highest BCUT2D eigenvalue weighted by molar-refractivity contribution is 5.89. The maximum absolute atomic E-state index is 12.4. The van der Waals surface area contributed by atoms with E-state index in [0.29, 0.717) is 11.5 Å². The van der Waals surface area contributed by atoms with Crippen molar-refractivity contribution in [1.82, 2.24) is 5.32 Å². The van der Waals surface area contributed by atoms with Crippen LogP contribution in [0.5, 0.6) is 0 Å². The van der Waals surface area contributed by atoms with E-state index in [1.165, 1.54) is 0 Å². The van der Waals surface area contributed by atoms with Crippen LogP contribution < -0.4 is 5.32 Å². The Kier molecular flexibility index (Phi) is 4.12. The highest BCUT2D eigenvalue weighted by atomic mass is 16.4. The number of aliphatic carboxylic acids is 1. The molecule has 2 N–H and O–H groups in total. The van der Waals surface area contributed by atoms with Gasteiger partial charge in [-0.3, -0.25) is 4.79 Å². The van der Waals surface area contributed by atoms with Crippen LogP contribution >= 0.6 is 0 Å². The van der Waals surface area contributed by atoms with Crippen LogP contribution in [0.2, 0.25) is 0 Å². The number of benzene rings is 1. The minimum atomic E-state index is -1.37. The van der Waals surface area contributed by atoms with Crippen molar-refractivity contribution in [1.29, 1.82) is 0 Å². The van der Waals surface area contributed by atoms with Gasteiger partial charge in [0.05, 0.1) is 0 Å². The Balaban J connectivity index is 2.22. The number of rotatable bonds is 4. The number of hydrogen-bond donors (Lipinski definition) is 2. The Bertz CT molecular complexity index is 500. The van der Waals surface area contributed by atoms with Crippen molar-refractivity contribution in [3.63, 3.8) is 0 Å². The summed E-state index contributed by atoms with van der Waals surface area (Å²) in [5.74, 6) is -0.937. The normalized spacial score (nSPS) is 24.9. The van der Waals surface area contributed by atoms with E-state index in [1.54, 1.807) is 31.2 Å². The zero-order valence-electron chi connectivity index (χ0n) is 11.9. The second-order valence-electron chi connectivity index (χ2n) is 5.80. The van der Waals surface area contributed by atoms with Gasteiger partial charge in [-0.1, -0.05) is 43.7 Å². The van der Waals surface area contributed by atoms with Gasteiger partial charge in [0.2, 0.25) is 5.91 Å². The zero-order valence-corrected chi connectivity index (χ0v) is 11.9. The largest absolute Gasteiger partial charge is 0.479 e. The Hall–Kier alpha value is -1.84. The average molecular weight is 275 g/mol. The summed E-state index contributed by atoms with van der Waals surface area (Å²) >= 11 is 0. The minimum absolute atomic E-state index is 0.0719. The van der Waals surface area contributed by atoms with E-state index in [4.69, 9.17) is 0 Å². The van der Waals surface area contributed by atoms with E-state index in [-0.39, 0.29) is 11.8 Å². The highest BCUT2D eigenvalue weighted by Gasteiger charge is 2.40. The third kappa shape index (κ3) is 2.69. The Morgan fingerprint density at radius 3 is 2.40 bits per heavy atom. The van der Waals surface area contributed by atoms with Gasteiger partial charge >= 0.3 is 5.97 Å². The number of carboxylic acid groups (broad SMARTS) is 1. The predicted molar refractivity (Wildman–Crippen MR) is 76.1 cm³/mol. The molecule has 1 amide bonds. The first kappa shape index (κ1) is 14.6. The monoisotopic (exact) mass is 275 g/mol. The Morgan fingerprint density at radius 2 is 1.90 bits per heavy atom. The number of carbonyl (C=O) groups is 2. The molecule has 0 bridgehead atoms. The van der Waals surface area contributed by atoms with Gasteiger partial charge in [0.25, 0.3) is 0 Å². The van der Waals surface area contributed by atoms with Crippen LogP contribution in [0.1, 0.15) is 38.7 Å². The third-order valence-corrected chi connectivity index (χ3v) is 4.35. The lowest BCUT2D eigenvalue weighted by Crippen LogP contribution is -2.51. The molecule has 4 nitrogen and oxygen atoms in total. The molecular weight excluding hydrogens is 254 g/mol. The summed E-state index contributed by atoms with van der Waals surface area (Å²) in [7, 11) is 0. The van der Waals surface area contributed by atoms with E-state index in [0.717, 1.165) is 19.3 Å². The van der Waals surface area contributed by atoms with Crippen LogP contribution in [0, 0.1) is 11.8 Å². The lowest BCUT2D eigenvalue weighted by Gasteiger charge is -2.29. The molecule has 3 unspecified atom stereocenters. The molecule has 1 aliphatic rings. The number of hydrogen-bond acceptors (Lipinski definition) is 2. The van der Waals surface area contributed by atoms with Crippen LogP contribution in [-0.4, -0.2) is 17.0 Å². The number of carboxylic acids is 1. The summed E-state index contributed by atoms with van der Waals surface area (Å²) in [6.07, 6.45) is 2.92. The fourth-order valence-corrected chi connectivity index (χ4v) is 2.89. The third-order valence-electron chi connectivity index (χ3n) is 4.35. The molecule has 0 aromatic heterocycles. The lowest BCUT2D eigenvalue weighted by atomic mass is 9.89. The summed E-state index contributed by atoms with van der Waals surface area (Å²) in [6.45, 7) is 3.60. The number of nitrogens with one attached hydrogen (secondary N) is 1. The van der Waals surface area contributed by atoms with Crippen molar-refractivity contribution >= 4 is 11.9 Å². The molecule has 3 atom stereocenters. The van der Waals surface area contributed by atoms with Crippen LogP contribution in [0.15, 0.2) is 30.3 Å². The lowest BCUT2D eigenvalue weighted by molar-refractivity contribution is -0.148. The molecule has 1 aliphatic carbocycles. The smallest absolute Gasteiger partial charge is 0.333 e. The van der Waals surface area contributed by atoms with Gasteiger partial charge in [0, 0.05) is 5.92 Å². The van der Waals surface area contributed by atoms with Gasteiger partial charge < -0.3 is 10.4 Å². The molecule has 4 heteroatoms. The average Bonchev–Trinajstić information content (AvgIpc) is 2.85. The van der Waals surface area contributed by atoms with E-state index >= 15 is 0 Å². The van der Waals surface area contributed by atoms with Crippen molar-refractivity contribution < 1.29 is 14.7 Å². The first-order chi connectivity index (χ1) is 9.45. The zero-order chi connectivity index (χ0) is 14.8. The molecule has 108 valence electrons. The molecule has 2 rings (SSSR count). The van der Waals surface area contributed by atoms with Gasteiger partial charge in [0.1, 0.15) is 0 Å². The molecule has 1 fully saturated rings. The molecule has 20 heavy (non-hydrogen) atoms. The van der Waals surface area contributed by atoms with Gasteiger partial charge in [-0.2, -0.15) is 0 Å². The molecular formula is C16H21NO3. The molecule has 1 saturated carbocycles. The first-order valence-corrected chi connectivity index (χ1v) is 7.06. The Labute approximate surface area is 119 Å². The standard InChI is InChI=1S/C16H21NO3/c1-11-7-6-10-13(11)14(18)17-16(2,15(19)20)12-8-4-3-5-9-12/h3-5,8-9,11,13H,6-7,10H2,1-2H3,(H,17,18)(H,19,20). The van der Waals surface area contributed by atoms with Crippen molar-refractivity contribution in [2.75, 3.05) is 0 Å². The minimum Gasteiger partial charge on any atom is -0.479 e. The van der Waals surface area contributed by atoms with Gasteiger partial charge in [-0.25, -0.2) is 4.79 Å². The van der Waals surface area contributed by atoms with Crippen molar-refractivity contribution in [3.8, 4) is 0 Å². The predicted octanol–water partition coefficient (Wildman–Crippen LogP) is 2.54. The van der Waals surface area contributed by atoms with Crippen LogP contribution in [-0.2, 0) is 15.1 Å².